The molecule has 0 heterocycles. The number of unbranched alkanes of at least 4 members (excludes halogenated alkanes) is 4. The molecule has 0 rings (SSSR count). The Morgan fingerprint density at radius 1 is 1.15 bits per heavy atom. The fourth-order valence-electron chi connectivity index (χ4n) is 1.42. The Morgan fingerprint density at radius 2 is 1.85 bits per heavy atom. The van der Waals surface area contributed by atoms with Crippen LogP contribution in [0.4, 0.5) is 0 Å². The third kappa shape index (κ3) is 6.86. The zero-order valence-electron chi connectivity index (χ0n) is 9.90. The Morgan fingerprint density at radius 3 is 2.38 bits per heavy atom. The lowest BCUT2D eigenvalue weighted by Gasteiger charge is -2.08. The van der Waals surface area contributed by atoms with Crippen molar-refractivity contribution in [3.63, 3.8) is 0 Å². The number of rotatable bonds is 7. The van der Waals surface area contributed by atoms with Crippen LogP contribution in [0.3, 0.4) is 0 Å². The van der Waals surface area contributed by atoms with Crippen LogP contribution in [0.25, 0.3) is 0 Å². The maximum atomic E-state index is 2.43. The third-order valence-corrected chi connectivity index (χ3v) is 2.91. The van der Waals surface area contributed by atoms with Gasteiger partial charge < -0.3 is 0 Å². The van der Waals surface area contributed by atoms with E-state index in [1.165, 1.54) is 38.5 Å². The van der Waals surface area contributed by atoms with Crippen LogP contribution in [0.5, 0.6) is 0 Å². The van der Waals surface area contributed by atoms with Crippen LogP contribution >= 0.6 is 0 Å². The van der Waals surface area contributed by atoms with E-state index < -0.39 is 0 Å². The van der Waals surface area contributed by atoms with Crippen molar-refractivity contribution in [3.05, 3.63) is 11.6 Å². The summed E-state index contributed by atoms with van der Waals surface area (Å²) in [6.07, 6.45) is 10.5. The highest BCUT2D eigenvalue weighted by atomic mass is 14.0. The predicted molar refractivity (Wildman–Crippen MR) is 62.0 cm³/mol. The molecule has 0 spiro atoms. The van der Waals surface area contributed by atoms with E-state index in [4.69, 9.17) is 0 Å². The smallest absolute Gasteiger partial charge is 0.0237 e. The summed E-state index contributed by atoms with van der Waals surface area (Å²) in [5.41, 5.74) is 1.58. The highest BCUT2D eigenvalue weighted by molar-refractivity contribution is 5.01. The van der Waals surface area contributed by atoms with Crippen molar-refractivity contribution in [3.8, 4) is 0 Å². The summed E-state index contributed by atoms with van der Waals surface area (Å²) >= 11 is 0. The molecule has 13 heavy (non-hydrogen) atoms. The SMILES string of the molecule is CCCCCC/C=C(\C)C(C)CC. The van der Waals surface area contributed by atoms with E-state index in [1.807, 2.05) is 0 Å². The molecule has 0 fully saturated rings. The second kappa shape index (κ2) is 8.34. The highest BCUT2D eigenvalue weighted by Gasteiger charge is 1.99. The second-order valence-corrected chi connectivity index (χ2v) is 4.11. The lowest BCUT2D eigenvalue weighted by molar-refractivity contribution is 0.639. The molecule has 0 amide bonds. The Kier molecular flexibility index (Phi) is 8.18. The van der Waals surface area contributed by atoms with Gasteiger partial charge in [0.2, 0.25) is 0 Å². The summed E-state index contributed by atoms with van der Waals surface area (Å²) < 4.78 is 0. The molecule has 0 aliphatic carbocycles. The first-order valence-electron chi connectivity index (χ1n) is 5.89. The monoisotopic (exact) mass is 182 g/mol. The van der Waals surface area contributed by atoms with Crippen molar-refractivity contribution in [2.45, 2.75) is 66.2 Å². The molecule has 0 radical (unpaired) electrons. The van der Waals surface area contributed by atoms with Crippen LogP contribution in [-0.2, 0) is 0 Å². The van der Waals surface area contributed by atoms with Gasteiger partial charge in [-0.05, 0) is 32.1 Å². The largest absolute Gasteiger partial charge is 0.0853 e. The van der Waals surface area contributed by atoms with E-state index in [0.29, 0.717) is 0 Å². The van der Waals surface area contributed by atoms with Crippen LogP contribution in [0.15, 0.2) is 11.6 Å². The summed E-state index contributed by atoms with van der Waals surface area (Å²) in [5, 5.41) is 0. The zero-order valence-corrected chi connectivity index (χ0v) is 9.90. The number of hydrogen-bond donors (Lipinski definition) is 0. The molecule has 0 heteroatoms. The predicted octanol–water partition coefficient (Wildman–Crippen LogP) is 4.95. The molecule has 0 aromatic heterocycles. The first-order chi connectivity index (χ1) is 6.22. The van der Waals surface area contributed by atoms with Gasteiger partial charge in [0.1, 0.15) is 0 Å². The third-order valence-electron chi connectivity index (χ3n) is 2.91. The molecule has 78 valence electrons. The van der Waals surface area contributed by atoms with Gasteiger partial charge in [-0.1, -0.05) is 51.7 Å². The molecule has 0 nitrogen and oxygen atoms in total. The number of hydrogen-bond acceptors (Lipinski definition) is 0. The minimum atomic E-state index is 0.783. The van der Waals surface area contributed by atoms with Gasteiger partial charge in [0.25, 0.3) is 0 Å². The van der Waals surface area contributed by atoms with E-state index in [9.17, 15) is 0 Å². The summed E-state index contributed by atoms with van der Waals surface area (Å²) in [6.45, 7) is 9.12. The van der Waals surface area contributed by atoms with Gasteiger partial charge in [-0.25, -0.2) is 0 Å². The van der Waals surface area contributed by atoms with Crippen LogP contribution in [0.1, 0.15) is 66.2 Å². The van der Waals surface area contributed by atoms with Gasteiger partial charge in [-0.15, -0.1) is 0 Å². The molecule has 1 unspecified atom stereocenters. The Bertz CT molecular complexity index is 133. The quantitative estimate of drug-likeness (QED) is 0.386. The molecule has 0 N–H and O–H groups in total. The van der Waals surface area contributed by atoms with E-state index in [0.717, 1.165) is 5.92 Å². The fourth-order valence-corrected chi connectivity index (χ4v) is 1.42. The van der Waals surface area contributed by atoms with Gasteiger partial charge in [-0.3, -0.25) is 0 Å². The van der Waals surface area contributed by atoms with E-state index in [2.05, 4.69) is 33.8 Å². The van der Waals surface area contributed by atoms with Gasteiger partial charge >= 0.3 is 0 Å². The maximum Gasteiger partial charge on any atom is -0.0237 e. The molecule has 0 saturated heterocycles. The van der Waals surface area contributed by atoms with E-state index >= 15 is 0 Å². The highest BCUT2D eigenvalue weighted by Crippen LogP contribution is 2.15. The van der Waals surface area contributed by atoms with Crippen molar-refractivity contribution in [2.24, 2.45) is 5.92 Å². The van der Waals surface area contributed by atoms with Crippen molar-refractivity contribution >= 4 is 0 Å². The summed E-state index contributed by atoms with van der Waals surface area (Å²) in [6, 6.07) is 0. The minimum absolute atomic E-state index is 0.783. The average Bonchev–Trinajstić information content (AvgIpc) is 2.16. The molecular formula is C13H26. The van der Waals surface area contributed by atoms with E-state index in [-0.39, 0.29) is 0 Å². The standard InChI is InChI=1S/C13H26/c1-5-7-8-9-10-11-13(4)12(3)6-2/h11-12H,5-10H2,1-4H3/b13-11+. The summed E-state index contributed by atoms with van der Waals surface area (Å²) in [4.78, 5) is 0. The molecule has 1 atom stereocenters. The van der Waals surface area contributed by atoms with Crippen LogP contribution in [0.2, 0.25) is 0 Å². The van der Waals surface area contributed by atoms with Crippen molar-refractivity contribution < 1.29 is 0 Å². The molecule has 0 aliphatic heterocycles. The van der Waals surface area contributed by atoms with Gasteiger partial charge in [0.15, 0.2) is 0 Å². The van der Waals surface area contributed by atoms with Gasteiger partial charge in [0.05, 0.1) is 0 Å². The average molecular weight is 182 g/mol. The Balaban J connectivity index is 3.47. The Hall–Kier alpha value is -0.260. The topological polar surface area (TPSA) is 0 Å². The minimum Gasteiger partial charge on any atom is -0.0853 e. The first-order valence-corrected chi connectivity index (χ1v) is 5.89. The van der Waals surface area contributed by atoms with Crippen molar-refractivity contribution in [2.75, 3.05) is 0 Å². The van der Waals surface area contributed by atoms with Gasteiger partial charge in [-0.2, -0.15) is 0 Å². The molecule has 0 saturated carbocycles. The number of allylic oxidation sites excluding steroid dienone is 2. The molecule has 0 aromatic rings. The molecular weight excluding hydrogens is 156 g/mol. The van der Waals surface area contributed by atoms with Crippen molar-refractivity contribution in [1.82, 2.24) is 0 Å². The van der Waals surface area contributed by atoms with Crippen LogP contribution in [0, 0.1) is 5.92 Å². The van der Waals surface area contributed by atoms with Crippen LogP contribution in [-0.4, -0.2) is 0 Å². The molecule has 0 aliphatic rings. The van der Waals surface area contributed by atoms with Gasteiger partial charge in [0, 0.05) is 0 Å². The molecule has 0 aromatic carbocycles. The van der Waals surface area contributed by atoms with Crippen molar-refractivity contribution in [1.29, 1.82) is 0 Å². The normalized spacial score (nSPS) is 14.6. The lowest BCUT2D eigenvalue weighted by Crippen LogP contribution is -1.93. The van der Waals surface area contributed by atoms with E-state index in [1.54, 1.807) is 5.57 Å². The second-order valence-electron chi connectivity index (χ2n) is 4.11. The fraction of sp³-hybridized carbons (Fsp3) is 0.846. The molecule has 0 bridgehead atoms. The lowest BCUT2D eigenvalue weighted by atomic mass is 9.98. The first kappa shape index (κ1) is 12.7. The van der Waals surface area contributed by atoms with Crippen LogP contribution < -0.4 is 0 Å². The summed E-state index contributed by atoms with van der Waals surface area (Å²) in [5.74, 6) is 0.783. The maximum absolute atomic E-state index is 2.43. The summed E-state index contributed by atoms with van der Waals surface area (Å²) in [7, 11) is 0. The zero-order chi connectivity index (χ0) is 10.1. The Labute approximate surface area is 84.4 Å².